The summed E-state index contributed by atoms with van der Waals surface area (Å²) < 4.78 is 5.40. The molecule has 0 saturated carbocycles. The Balaban J connectivity index is 1.52. The summed E-state index contributed by atoms with van der Waals surface area (Å²) in [5.74, 6) is 0.310. The summed E-state index contributed by atoms with van der Waals surface area (Å²) in [6.45, 7) is 5.81. The maximum Gasteiger partial charge on any atom is 0.227 e. The van der Waals surface area contributed by atoms with E-state index in [4.69, 9.17) is 4.74 Å². The highest BCUT2D eigenvalue weighted by atomic mass is 32.1. The SMILES string of the molecule is O=C(Cc1ccsc1)N1CCCCC1CCN1CCOCC1. The minimum atomic E-state index is 0.310. The van der Waals surface area contributed by atoms with Gasteiger partial charge in [0.2, 0.25) is 5.91 Å². The minimum Gasteiger partial charge on any atom is -0.379 e. The van der Waals surface area contributed by atoms with E-state index in [-0.39, 0.29) is 0 Å². The Kier molecular flexibility index (Phi) is 5.87. The fourth-order valence-electron chi connectivity index (χ4n) is 3.45. The van der Waals surface area contributed by atoms with E-state index >= 15 is 0 Å². The number of nitrogens with zero attached hydrogens (tertiary/aromatic N) is 2. The second-order valence-corrected chi connectivity index (χ2v) is 7.07. The Morgan fingerprint density at radius 3 is 2.91 bits per heavy atom. The van der Waals surface area contributed by atoms with E-state index in [1.165, 1.54) is 12.8 Å². The first-order valence-electron chi connectivity index (χ1n) is 8.43. The van der Waals surface area contributed by atoms with Crippen LogP contribution in [0.25, 0.3) is 0 Å². The lowest BCUT2D eigenvalue weighted by molar-refractivity contribution is -0.134. The van der Waals surface area contributed by atoms with Gasteiger partial charge in [-0.15, -0.1) is 0 Å². The molecule has 1 aromatic rings. The lowest BCUT2D eigenvalue weighted by atomic mass is 9.98. The number of likely N-dealkylation sites (tertiary alicyclic amines) is 1. The van der Waals surface area contributed by atoms with Crippen molar-refractivity contribution in [2.24, 2.45) is 0 Å². The predicted octanol–water partition coefficient (Wildman–Crippen LogP) is 2.39. The molecule has 1 aromatic heterocycles. The number of hydrogen-bond donors (Lipinski definition) is 0. The zero-order chi connectivity index (χ0) is 15.2. The van der Waals surface area contributed by atoms with E-state index in [0.29, 0.717) is 18.4 Å². The first kappa shape index (κ1) is 16.0. The third-order valence-corrected chi connectivity index (χ3v) is 5.50. The largest absolute Gasteiger partial charge is 0.379 e. The molecule has 2 saturated heterocycles. The number of amides is 1. The van der Waals surface area contributed by atoms with Crippen molar-refractivity contribution in [2.45, 2.75) is 38.1 Å². The number of rotatable bonds is 5. The van der Waals surface area contributed by atoms with Crippen molar-refractivity contribution in [3.8, 4) is 0 Å². The van der Waals surface area contributed by atoms with Crippen molar-refractivity contribution in [1.29, 1.82) is 0 Å². The molecule has 0 N–H and O–H groups in total. The van der Waals surface area contributed by atoms with E-state index in [1.807, 2.05) is 0 Å². The molecule has 0 bridgehead atoms. The molecule has 122 valence electrons. The Morgan fingerprint density at radius 2 is 2.14 bits per heavy atom. The molecular formula is C17H26N2O2S. The molecule has 0 radical (unpaired) electrons. The second-order valence-electron chi connectivity index (χ2n) is 6.29. The van der Waals surface area contributed by atoms with Crippen LogP contribution in [-0.4, -0.2) is 61.1 Å². The molecule has 4 nitrogen and oxygen atoms in total. The zero-order valence-corrected chi connectivity index (χ0v) is 14.0. The molecule has 0 aromatic carbocycles. The number of piperidine rings is 1. The van der Waals surface area contributed by atoms with Crippen LogP contribution in [0.1, 0.15) is 31.2 Å². The summed E-state index contributed by atoms with van der Waals surface area (Å²) in [4.78, 5) is 17.3. The topological polar surface area (TPSA) is 32.8 Å². The highest BCUT2D eigenvalue weighted by Gasteiger charge is 2.27. The van der Waals surface area contributed by atoms with Crippen LogP contribution in [0.15, 0.2) is 16.8 Å². The third-order valence-electron chi connectivity index (χ3n) is 4.77. The van der Waals surface area contributed by atoms with Gasteiger partial charge in [0.05, 0.1) is 19.6 Å². The van der Waals surface area contributed by atoms with Crippen LogP contribution < -0.4 is 0 Å². The predicted molar refractivity (Wildman–Crippen MR) is 89.3 cm³/mol. The van der Waals surface area contributed by atoms with Gasteiger partial charge < -0.3 is 9.64 Å². The Morgan fingerprint density at radius 1 is 1.27 bits per heavy atom. The van der Waals surface area contributed by atoms with Gasteiger partial charge in [-0.05, 0) is 48.1 Å². The van der Waals surface area contributed by atoms with Crippen LogP contribution in [0.2, 0.25) is 0 Å². The van der Waals surface area contributed by atoms with Gasteiger partial charge in [0.1, 0.15) is 0 Å². The van der Waals surface area contributed by atoms with E-state index in [1.54, 1.807) is 11.3 Å². The standard InChI is InChI=1S/C17H26N2O2S/c20-17(13-15-5-12-22-14-15)19-6-2-1-3-16(19)4-7-18-8-10-21-11-9-18/h5,12,14,16H,1-4,6-11,13H2. The van der Waals surface area contributed by atoms with Gasteiger partial charge in [-0.2, -0.15) is 11.3 Å². The highest BCUT2D eigenvalue weighted by molar-refractivity contribution is 7.07. The molecule has 1 atom stereocenters. The molecule has 0 aliphatic carbocycles. The van der Waals surface area contributed by atoms with Gasteiger partial charge >= 0.3 is 0 Å². The maximum atomic E-state index is 12.6. The van der Waals surface area contributed by atoms with Crippen LogP contribution in [0.5, 0.6) is 0 Å². The maximum absolute atomic E-state index is 12.6. The van der Waals surface area contributed by atoms with Gasteiger partial charge in [-0.3, -0.25) is 9.69 Å². The van der Waals surface area contributed by atoms with Crippen LogP contribution in [-0.2, 0) is 16.0 Å². The van der Waals surface area contributed by atoms with Crippen molar-refractivity contribution in [1.82, 2.24) is 9.80 Å². The normalized spacial score (nSPS) is 23.6. The van der Waals surface area contributed by atoms with E-state index in [2.05, 4.69) is 26.6 Å². The first-order chi connectivity index (χ1) is 10.8. The first-order valence-corrected chi connectivity index (χ1v) is 9.38. The number of carbonyl (C=O) groups is 1. The Bertz CT molecular complexity index is 457. The molecule has 5 heteroatoms. The van der Waals surface area contributed by atoms with Crippen molar-refractivity contribution in [3.05, 3.63) is 22.4 Å². The lowest BCUT2D eigenvalue weighted by Crippen LogP contribution is -2.46. The summed E-state index contributed by atoms with van der Waals surface area (Å²) >= 11 is 1.67. The molecule has 3 rings (SSSR count). The third kappa shape index (κ3) is 4.31. The van der Waals surface area contributed by atoms with Crippen molar-refractivity contribution in [3.63, 3.8) is 0 Å². The van der Waals surface area contributed by atoms with Crippen LogP contribution in [0.4, 0.5) is 0 Å². The molecule has 1 unspecified atom stereocenters. The summed E-state index contributed by atoms with van der Waals surface area (Å²) in [5, 5.41) is 4.14. The van der Waals surface area contributed by atoms with E-state index in [0.717, 1.165) is 57.8 Å². The molecule has 1 amide bonds. The van der Waals surface area contributed by atoms with Crippen LogP contribution in [0, 0.1) is 0 Å². The van der Waals surface area contributed by atoms with Gasteiger partial charge in [0.25, 0.3) is 0 Å². The van der Waals surface area contributed by atoms with Crippen molar-refractivity contribution < 1.29 is 9.53 Å². The van der Waals surface area contributed by atoms with Crippen LogP contribution >= 0.6 is 11.3 Å². The van der Waals surface area contributed by atoms with Gasteiger partial charge in [-0.25, -0.2) is 0 Å². The molecular weight excluding hydrogens is 296 g/mol. The number of hydrogen-bond acceptors (Lipinski definition) is 4. The average Bonchev–Trinajstić information content (AvgIpc) is 3.07. The number of thiophene rings is 1. The fraction of sp³-hybridized carbons (Fsp3) is 0.706. The summed E-state index contributed by atoms with van der Waals surface area (Å²) in [6.07, 6.45) is 5.26. The monoisotopic (exact) mass is 322 g/mol. The van der Waals surface area contributed by atoms with Gasteiger partial charge in [0.15, 0.2) is 0 Å². The van der Waals surface area contributed by atoms with Gasteiger partial charge in [0, 0.05) is 32.2 Å². The number of ether oxygens (including phenoxy) is 1. The summed E-state index contributed by atoms with van der Waals surface area (Å²) in [7, 11) is 0. The highest BCUT2D eigenvalue weighted by Crippen LogP contribution is 2.22. The smallest absolute Gasteiger partial charge is 0.227 e. The number of carbonyl (C=O) groups excluding carboxylic acids is 1. The van der Waals surface area contributed by atoms with Crippen LogP contribution in [0.3, 0.4) is 0 Å². The summed E-state index contributed by atoms with van der Waals surface area (Å²) in [5.41, 5.74) is 1.16. The Hall–Kier alpha value is -0.910. The lowest BCUT2D eigenvalue weighted by Gasteiger charge is -2.37. The second kappa shape index (κ2) is 8.09. The summed E-state index contributed by atoms with van der Waals surface area (Å²) in [6, 6.07) is 2.50. The average molecular weight is 322 g/mol. The molecule has 3 heterocycles. The Labute approximate surface area is 137 Å². The van der Waals surface area contributed by atoms with E-state index in [9.17, 15) is 4.79 Å². The van der Waals surface area contributed by atoms with Gasteiger partial charge in [-0.1, -0.05) is 0 Å². The van der Waals surface area contributed by atoms with Crippen molar-refractivity contribution >= 4 is 17.2 Å². The molecule has 22 heavy (non-hydrogen) atoms. The molecule has 2 aliphatic heterocycles. The van der Waals surface area contributed by atoms with Crippen molar-refractivity contribution in [2.75, 3.05) is 39.4 Å². The number of morpholine rings is 1. The molecule has 2 fully saturated rings. The minimum absolute atomic E-state index is 0.310. The fourth-order valence-corrected chi connectivity index (χ4v) is 4.12. The van der Waals surface area contributed by atoms with E-state index < -0.39 is 0 Å². The molecule has 2 aliphatic rings. The molecule has 0 spiro atoms. The zero-order valence-electron chi connectivity index (χ0n) is 13.2. The quantitative estimate of drug-likeness (QED) is 0.834.